The van der Waals surface area contributed by atoms with Crippen LogP contribution in [0.15, 0.2) is 35.2 Å². The zero-order chi connectivity index (χ0) is 16.5. The van der Waals surface area contributed by atoms with Gasteiger partial charge in [0.2, 0.25) is 0 Å². The molecule has 0 amide bonds. The molecule has 15 heteroatoms. The van der Waals surface area contributed by atoms with Gasteiger partial charge >= 0.3 is 17.1 Å². The van der Waals surface area contributed by atoms with Gasteiger partial charge in [-0.2, -0.15) is 0 Å². The van der Waals surface area contributed by atoms with Crippen molar-refractivity contribution < 1.29 is 38.2 Å². The number of rotatable bonds is 1. The second kappa shape index (κ2) is 13.6. The molecule has 3 rings (SSSR count). The summed E-state index contributed by atoms with van der Waals surface area (Å²) in [5.74, 6) is 0.840. The zero-order valence-electron chi connectivity index (χ0n) is 12.1. The first-order valence-corrected chi connectivity index (χ1v) is 6.30. The van der Waals surface area contributed by atoms with Gasteiger partial charge in [-0.3, -0.25) is 0 Å². The number of nitrogens with zero attached hydrogens (tertiary/aromatic N) is 4. The summed E-state index contributed by atoms with van der Waals surface area (Å²) in [4.78, 5) is 28.4. The van der Waals surface area contributed by atoms with Crippen LogP contribution in [-0.4, -0.2) is 25.1 Å². The molecule has 7 N–H and O–H groups in total. The van der Waals surface area contributed by atoms with Crippen LogP contribution in [0.5, 0.6) is 0 Å². The van der Waals surface area contributed by atoms with Crippen molar-refractivity contribution in [1.29, 1.82) is 0 Å². The van der Waals surface area contributed by atoms with Crippen LogP contribution in [0.2, 0.25) is 0 Å². The van der Waals surface area contributed by atoms with Crippen LogP contribution in [-0.2, 0) is 28.0 Å². The third-order valence-electron chi connectivity index (χ3n) is 2.06. The summed E-state index contributed by atoms with van der Waals surface area (Å²) in [6, 6.07) is 7.97. The van der Waals surface area contributed by atoms with E-state index in [1.165, 1.54) is 0 Å². The van der Waals surface area contributed by atoms with Crippen molar-refractivity contribution in [3.8, 4) is 11.5 Å². The number of H-pyrrole nitrogens is 1. The van der Waals surface area contributed by atoms with Crippen molar-refractivity contribution in [2.45, 2.75) is 0 Å². The SMILES string of the molecule is O=[N+]([O-])[O-].O=[N+]([O-])[O-].[Cu+2].[OH3+].[OH3+].c1ccc2[nH]c(-c3cscn3)nc2c1. The third-order valence-corrected chi connectivity index (χ3v) is 2.65. The Kier molecular flexibility index (Phi) is 14.7. The summed E-state index contributed by atoms with van der Waals surface area (Å²) in [6.45, 7) is 0. The third kappa shape index (κ3) is 10.5. The Morgan fingerprint density at radius 2 is 1.52 bits per heavy atom. The molecule has 2 heterocycles. The van der Waals surface area contributed by atoms with Crippen molar-refractivity contribution in [3.63, 3.8) is 0 Å². The Hall–Kier alpha value is -2.84. The van der Waals surface area contributed by atoms with Crippen LogP contribution in [0.1, 0.15) is 0 Å². The van der Waals surface area contributed by atoms with Gasteiger partial charge in [-0.25, -0.2) is 9.97 Å². The Labute approximate surface area is 153 Å². The van der Waals surface area contributed by atoms with E-state index in [-0.39, 0.29) is 28.0 Å². The molecular formula is C10H13CuN5O8S+2. The van der Waals surface area contributed by atoms with Crippen LogP contribution in [0.3, 0.4) is 0 Å². The zero-order valence-corrected chi connectivity index (χ0v) is 13.8. The molecule has 1 aromatic carbocycles. The van der Waals surface area contributed by atoms with Gasteiger partial charge < -0.3 is 46.6 Å². The molecule has 0 spiro atoms. The fourth-order valence-corrected chi connectivity index (χ4v) is 1.94. The minimum atomic E-state index is -1.75. The Morgan fingerprint density at radius 3 is 1.96 bits per heavy atom. The molecule has 3 aromatic rings. The van der Waals surface area contributed by atoms with Crippen LogP contribution in [0, 0.1) is 30.6 Å². The second-order valence-electron chi connectivity index (χ2n) is 3.42. The van der Waals surface area contributed by atoms with E-state index in [9.17, 15) is 0 Å². The minimum absolute atomic E-state index is 0. The molecule has 0 aliphatic carbocycles. The van der Waals surface area contributed by atoms with E-state index in [2.05, 4.69) is 15.0 Å². The van der Waals surface area contributed by atoms with E-state index in [0.717, 1.165) is 22.6 Å². The number of para-hydroxylation sites is 2. The molecule has 0 saturated carbocycles. The maximum atomic E-state index is 8.25. The second-order valence-corrected chi connectivity index (χ2v) is 4.14. The number of hydrogen-bond donors (Lipinski definition) is 1. The molecule has 0 atom stereocenters. The maximum absolute atomic E-state index is 8.25. The minimum Gasteiger partial charge on any atom is -0.457 e. The first-order chi connectivity index (χ1) is 10.4. The Bertz CT molecular complexity index is 700. The number of aromatic nitrogens is 3. The van der Waals surface area contributed by atoms with Gasteiger partial charge in [0, 0.05) is 5.38 Å². The first-order valence-electron chi connectivity index (χ1n) is 5.36. The number of fused-ring (bicyclic) bond motifs is 1. The Morgan fingerprint density at radius 1 is 1.00 bits per heavy atom. The van der Waals surface area contributed by atoms with Gasteiger partial charge in [0.15, 0.2) is 5.82 Å². The number of thiazole rings is 1. The molecule has 0 bridgehead atoms. The molecular weight excluding hydrogens is 414 g/mol. The fraction of sp³-hybridized carbons (Fsp3) is 0. The molecule has 141 valence electrons. The Balaban J connectivity index is -0.000000383. The van der Waals surface area contributed by atoms with E-state index >= 15 is 0 Å². The summed E-state index contributed by atoms with van der Waals surface area (Å²) < 4.78 is 0. The van der Waals surface area contributed by atoms with Crippen molar-refractivity contribution in [3.05, 3.63) is 65.8 Å². The van der Waals surface area contributed by atoms with Crippen molar-refractivity contribution in [1.82, 2.24) is 15.0 Å². The molecule has 0 saturated heterocycles. The quantitative estimate of drug-likeness (QED) is 0.245. The average molecular weight is 427 g/mol. The molecule has 0 unspecified atom stereocenters. The van der Waals surface area contributed by atoms with Gasteiger partial charge in [-0.05, 0) is 12.1 Å². The smallest absolute Gasteiger partial charge is 0.457 e. The van der Waals surface area contributed by atoms with E-state index in [1.807, 2.05) is 35.2 Å². The molecule has 0 fully saturated rings. The van der Waals surface area contributed by atoms with E-state index < -0.39 is 10.2 Å². The van der Waals surface area contributed by atoms with Crippen LogP contribution >= 0.6 is 11.3 Å². The molecule has 0 aliphatic rings. The number of aromatic amines is 1. The molecule has 25 heavy (non-hydrogen) atoms. The summed E-state index contributed by atoms with van der Waals surface area (Å²) in [6.07, 6.45) is 0. The summed E-state index contributed by atoms with van der Waals surface area (Å²) >= 11 is 1.57. The summed E-state index contributed by atoms with van der Waals surface area (Å²) in [5.41, 5.74) is 4.75. The van der Waals surface area contributed by atoms with E-state index in [0.29, 0.717) is 0 Å². The van der Waals surface area contributed by atoms with Crippen LogP contribution in [0.4, 0.5) is 0 Å². The van der Waals surface area contributed by atoms with Gasteiger partial charge in [0.05, 0.1) is 26.7 Å². The van der Waals surface area contributed by atoms with E-state index in [4.69, 9.17) is 30.6 Å². The topological polar surface area (TPSA) is 240 Å². The summed E-state index contributed by atoms with van der Waals surface area (Å²) in [5, 5.41) is 31.5. The monoisotopic (exact) mass is 426 g/mol. The maximum Gasteiger partial charge on any atom is 2.00 e. The van der Waals surface area contributed by atoms with Gasteiger partial charge in [-0.15, -0.1) is 11.3 Å². The van der Waals surface area contributed by atoms with Gasteiger partial charge in [-0.1, -0.05) is 12.1 Å². The fourth-order valence-electron chi connectivity index (χ4n) is 1.40. The predicted octanol–water partition coefficient (Wildman–Crippen LogP) is 0.362. The normalized spacial score (nSPS) is 8.00. The molecule has 0 aliphatic heterocycles. The molecule has 13 nitrogen and oxygen atoms in total. The standard InChI is InChI=1S/C10H7N3S.Cu.2NO3.2H2O/c1-2-4-8-7(3-1)12-10(13-8)9-5-14-6-11-9;;2*2-1(3)4;;/h1-6H,(H,12,13);;;;2*1H2/q;+2;2*-1;;/p+2. The number of imidazole rings is 1. The van der Waals surface area contributed by atoms with Crippen molar-refractivity contribution in [2.24, 2.45) is 0 Å². The van der Waals surface area contributed by atoms with Crippen LogP contribution in [0.25, 0.3) is 22.6 Å². The first kappa shape index (κ1) is 27.0. The molecule has 1 radical (unpaired) electrons. The number of hydrogen-bond acceptors (Lipinski definition) is 9. The number of nitrogens with one attached hydrogen (secondary N) is 1. The van der Waals surface area contributed by atoms with Crippen LogP contribution < -0.4 is 0 Å². The average Bonchev–Trinajstić information content (AvgIpc) is 3.06. The largest absolute Gasteiger partial charge is 2.00 e. The molecule has 2 aromatic heterocycles. The van der Waals surface area contributed by atoms with Crippen molar-refractivity contribution >= 4 is 22.4 Å². The van der Waals surface area contributed by atoms with Gasteiger partial charge in [0.1, 0.15) is 5.69 Å². The van der Waals surface area contributed by atoms with Gasteiger partial charge in [0.25, 0.3) is 0 Å². The predicted molar refractivity (Wildman–Crippen MR) is 87.7 cm³/mol. The summed E-state index contributed by atoms with van der Waals surface area (Å²) in [7, 11) is 0. The number of benzene rings is 1. The van der Waals surface area contributed by atoms with E-state index in [1.54, 1.807) is 11.3 Å². The van der Waals surface area contributed by atoms with Crippen molar-refractivity contribution in [2.75, 3.05) is 0 Å².